The van der Waals surface area contributed by atoms with Crippen molar-refractivity contribution in [3.05, 3.63) is 53.2 Å². The average molecular weight is 904 g/mol. The molecule has 2 atom stereocenters. The normalized spacial score (nSPS) is 23.9. The van der Waals surface area contributed by atoms with Crippen LogP contribution in [0.2, 0.25) is 0 Å². The molecule has 7 rings (SSSR count). The molecule has 0 radical (unpaired) electrons. The van der Waals surface area contributed by atoms with Gasteiger partial charge in [-0.25, -0.2) is 0 Å². The second-order valence-corrected chi connectivity index (χ2v) is 17.3. The predicted octanol–water partition coefficient (Wildman–Crippen LogP) is 5.60. The van der Waals surface area contributed by atoms with Crippen LogP contribution in [0, 0.1) is 11.3 Å². The number of halogens is 6. The zero-order valence-corrected chi connectivity index (χ0v) is 35.6. The first-order chi connectivity index (χ1) is 29.7. The van der Waals surface area contributed by atoms with E-state index in [9.17, 15) is 50.8 Å². The van der Waals surface area contributed by atoms with Crippen LogP contribution >= 0.6 is 12.2 Å². The molecular weight excluding hydrogens is 857 g/mol. The van der Waals surface area contributed by atoms with Crippen LogP contribution in [0.25, 0.3) is 10.9 Å². The molecule has 4 aliphatic rings. The summed E-state index contributed by atoms with van der Waals surface area (Å²) < 4.78 is 92.1. The molecule has 0 spiro atoms. The van der Waals surface area contributed by atoms with Gasteiger partial charge < -0.3 is 19.9 Å². The third-order valence-electron chi connectivity index (χ3n) is 12.4. The molecule has 3 aliphatic heterocycles. The Kier molecular flexibility index (Phi) is 12.9. The summed E-state index contributed by atoms with van der Waals surface area (Å²) in [4.78, 5) is 56.9. The number of aromatic nitrogens is 2. The number of aryl methyl sites for hydroxylation is 1. The minimum absolute atomic E-state index is 0.00134. The lowest BCUT2D eigenvalue weighted by Gasteiger charge is -2.42. The van der Waals surface area contributed by atoms with Crippen molar-refractivity contribution in [3.8, 4) is 6.07 Å². The van der Waals surface area contributed by atoms with Crippen LogP contribution in [-0.4, -0.2) is 122 Å². The first-order valence-corrected chi connectivity index (χ1v) is 21.1. The van der Waals surface area contributed by atoms with E-state index < -0.39 is 65.2 Å². The molecule has 1 aliphatic carbocycles. The number of anilines is 2. The second-order valence-electron chi connectivity index (χ2n) is 16.9. The van der Waals surface area contributed by atoms with Gasteiger partial charge in [0.25, 0.3) is 5.91 Å². The molecule has 338 valence electrons. The SMILES string of the molecule is Cn1nc(C2CCC(=O)NC2=O)c2cccc(NC(=O)CN3CCN(CCCO[C@H]4CC[C@H](N5C(=S)N(c6ccc(C#N)c(C(F)(F)F)c6)C(=O)C5(C)C)CC4)C[C@@H]3C(F)(F)F)c21. The third kappa shape index (κ3) is 9.40. The van der Waals surface area contributed by atoms with Crippen LogP contribution in [0.3, 0.4) is 0 Å². The average Bonchev–Trinajstić information content (AvgIpc) is 3.64. The molecule has 14 nitrogen and oxygen atoms in total. The number of piperidine rings is 1. The number of rotatable bonds is 11. The summed E-state index contributed by atoms with van der Waals surface area (Å²) in [6.07, 6.45) is -6.27. The fourth-order valence-electron chi connectivity index (χ4n) is 9.29. The molecule has 3 saturated heterocycles. The summed E-state index contributed by atoms with van der Waals surface area (Å²) >= 11 is 5.69. The highest BCUT2D eigenvalue weighted by Gasteiger charge is 2.53. The Bertz CT molecular complexity index is 2340. The quantitative estimate of drug-likeness (QED) is 0.107. The van der Waals surface area contributed by atoms with E-state index in [0.717, 1.165) is 21.9 Å². The summed E-state index contributed by atoms with van der Waals surface area (Å²) in [6.45, 7) is 3.47. The molecule has 2 N–H and O–H groups in total. The molecule has 4 fully saturated rings. The lowest BCUT2D eigenvalue weighted by Crippen LogP contribution is -2.60. The number of nitriles is 1. The number of amides is 4. The fourth-order valence-corrected chi connectivity index (χ4v) is 9.86. The first kappa shape index (κ1) is 45.8. The van der Waals surface area contributed by atoms with Gasteiger partial charge in [-0.2, -0.15) is 36.7 Å². The maximum absolute atomic E-state index is 14.4. The van der Waals surface area contributed by atoms with E-state index in [0.29, 0.717) is 74.1 Å². The van der Waals surface area contributed by atoms with Gasteiger partial charge in [0, 0.05) is 57.7 Å². The zero-order chi connectivity index (χ0) is 45.6. The maximum atomic E-state index is 14.4. The first-order valence-electron chi connectivity index (χ1n) is 20.7. The topological polar surface area (TPSA) is 156 Å². The second kappa shape index (κ2) is 17.8. The van der Waals surface area contributed by atoms with Gasteiger partial charge in [-0.05, 0) is 88.9 Å². The van der Waals surface area contributed by atoms with E-state index >= 15 is 0 Å². The molecule has 21 heteroatoms. The number of thiocarbonyl (C=S) groups is 1. The third-order valence-corrected chi connectivity index (χ3v) is 12.8. The molecule has 4 heterocycles. The van der Waals surface area contributed by atoms with Crippen LogP contribution in [0.5, 0.6) is 0 Å². The largest absolute Gasteiger partial charge is 0.417 e. The number of imide groups is 1. The fraction of sp³-hybridized carbons (Fsp3) is 0.548. The highest BCUT2D eigenvalue weighted by atomic mass is 32.1. The van der Waals surface area contributed by atoms with Gasteiger partial charge in [-0.1, -0.05) is 12.1 Å². The standard InChI is InChI=1S/C42H47F6N9O5S/c1-40(2)38(61)56(26-9-8-24(21-49)30(20-26)41(43,44)45)39(63)57(40)25-10-12-27(13-11-25)62-19-5-16-54-17-18-55(32(22-54)42(46,47)48)23-34(59)50-31-7-4-6-28-35(52-53(3)36(28)31)29-14-15-33(58)51-37(29)60/h4,6-9,20,25,27,29,32H,5,10-19,22-23H2,1-3H3,(H,50,59)(H,51,58,60)/t25-,27-,29?,32-/m1/s1. The van der Waals surface area contributed by atoms with Gasteiger partial charge >= 0.3 is 12.4 Å². The number of benzene rings is 2. The van der Waals surface area contributed by atoms with E-state index in [1.807, 2.05) is 0 Å². The predicted molar refractivity (Wildman–Crippen MR) is 221 cm³/mol. The number of carbonyl (C=O) groups excluding carboxylic acids is 4. The molecule has 1 aromatic heterocycles. The Morgan fingerprint density at radius 2 is 1.78 bits per heavy atom. The van der Waals surface area contributed by atoms with Crippen molar-refractivity contribution in [3.63, 3.8) is 0 Å². The van der Waals surface area contributed by atoms with E-state index in [1.165, 1.54) is 10.7 Å². The summed E-state index contributed by atoms with van der Waals surface area (Å²) in [5.74, 6) is -2.62. The lowest BCUT2D eigenvalue weighted by molar-refractivity contribution is -0.197. The number of hydrogen-bond acceptors (Lipinski definition) is 10. The van der Waals surface area contributed by atoms with Crippen molar-refractivity contribution in [2.75, 3.05) is 49.5 Å². The van der Waals surface area contributed by atoms with Gasteiger partial charge in [0.15, 0.2) is 5.11 Å². The highest BCUT2D eigenvalue weighted by molar-refractivity contribution is 7.80. The minimum atomic E-state index is -4.81. The summed E-state index contributed by atoms with van der Waals surface area (Å²) in [7, 11) is 1.64. The van der Waals surface area contributed by atoms with Crippen LogP contribution in [0.15, 0.2) is 36.4 Å². The monoisotopic (exact) mass is 903 g/mol. The maximum Gasteiger partial charge on any atom is 0.417 e. The van der Waals surface area contributed by atoms with Crippen molar-refractivity contribution >= 4 is 63.2 Å². The number of alkyl halides is 6. The van der Waals surface area contributed by atoms with Gasteiger partial charge in [0.05, 0.1) is 58.3 Å². The summed E-state index contributed by atoms with van der Waals surface area (Å²) in [5, 5.41) is 19.4. The van der Waals surface area contributed by atoms with Crippen LogP contribution in [0.4, 0.5) is 37.7 Å². The molecule has 4 amide bonds. The Hall–Kier alpha value is -5.17. The van der Waals surface area contributed by atoms with Crippen LogP contribution < -0.4 is 15.5 Å². The minimum Gasteiger partial charge on any atom is -0.378 e. The van der Waals surface area contributed by atoms with E-state index in [1.54, 1.807) is 55.0 Å². The van der Waals surface area contributed by atoms with Crippen molar-refractivity contribution in [1.82, 2.24) is 29.8 Å². The zero-order valence-electron chi connectivity index (χ0n) is 34.8. The summed E-state index contributed by atoms with van der Waals surface area (Å²) in [6, 6.07) is 7.55. The molecule has 63 heavy (non-hydrogen) atoms. The highest BCUT2D eigenvalue weighted by Crippen LogP contribution is 2.41. The number of carbonyl (C=O) groups is 4. The number of nitrogens with zero attached hydrogens (tertiary/aromatic N) is 7. The van der Waals surface area contributed by atoms with Crippen LogP contribution in [-0.2, 0) is 37.1 Å². The van der Waals surface area contributed by atoms with Gasteiger partial charge in [0.1, 0.15) is 11.6 Å². The Balaban J connectivity index is 0.886. The van der Waals surface area contributed by atoms with Gasteiger partial charge in [-0.15, -0.1) is 0 Å². The smallest absolute Gasteiger partial charge is 0.378 e. The Morgan fingerprint density at radius 3 is 2.44 bits per heavy atom. The van der Waals surface area contributed by atoms with Gasteiger partial charge in [-0.3, -0.25) is 39.0 Å². The van der Waals surface area contributed by atoms with E-state index in [-0.39, 0.29) is 54.8 Å². The van der Waals surface area contributed by atoms with E-state index in [2.05, 4.69) is 15.7 Å². The molecule has 2 aromatic carbocycles. The summed E-state index contributed by atoms with van der Waals surface area (Å²) in [5.41, 5.74) is -1.67. The molecular formula is C42H47F6N9O5S. The Labute approximate surface area is 364 Å². The van der Waals surface area contributed by atoms with Crippen molar-refractivity contribution < 1.29 is 50.3 Å². The Morgan fingerprint density at radius 1 is 1.05 bits per heavy atom. The number of hydrogen-bond donors (Lipinski definition) is 2. The van der Waals surface area contributed by atoms with Gasteiger partial charge in [0.2, 0.25) is 17.7 Å². The molecule has 3 aromatic rings. The number of nitrogens with one attached hydrogen (secondary N) is 2. The number of para-hydroxylation sites is 1. The number of ether oxygens (including phenoxy) is 1. The molecule has 0 bridgehead atoms. The number of fused-ring (bicyclic) bond motifs is 1. The van der Waals surface area contributed by atoms with Crippen molar-refractivity contribution in [2.45, 2.75) is 101 Å². The van der Waals surface area contributed by atoms with Crippen molar-refractivity contribution in [1.29, 1.82) is 5.26 Å². The lowest BCUT2D eigenvalue weighted by atomic mass is 9.89. The number of piperazine rings is 1. The van der Waals surface area contributed by atoms with Crippen LogP contribution in [0.1, 0.15) is 81.5 Å². The van der Waals surface area contributed by atoms with E-state index in [4.69, 9.17) is 17.0 Å². The molecule has 1 saturated carbocycles. The molecule has 1 unspecified atom stereocenters. The van der Waals surface area contributed by atoms with Crippen molar-refractivity contribution in [2.24, 2.45) is 7.05 Å².